The summed E-state index contributed by atoms with van der Waals surface area (Å²) >= 11 is 0. The lowest BCUT2D eigenvalue weighted by Crippen LogP contribution is -2.36. The number of nitrogens with one attached hydrogen (secondary N) is 1. The second-order valence-corrected chi connectivity index (χ2v) is 7.20. The lowest BCUT2D eigenvalue weighted by molar-refractivity contribution is -0.119. The minimum Gasteiger partial charge on any atom is -0.483 e. The normalized spacial score (nSPS) is 19.8. The summed E-state index contributed by atoms with van der Waals surface area (Å²) in [5.74, 6) is 1.16. The number of ether oxygens (including phenoxy) is 2. The summed E-state index contributed by atoms with van der Waals surface area (Å²) < 4.78 is 11.1. The van der Waals surface area contributed by atoms with Gasteiger partial charge in [-0.25, -0.2) is 4.79 Å². The van der Waals surface area contributed by atoms with E-state index in [0.29, 0.717) is 30.4 Å². The van der Waals surface area contributed by atoms with Crippen molar-refractivity contribution < 1.29 is 23.9 Å². The van der Waals surface area contributed by atoms with Gasteiger partial charge in [0.25, 0.3) is 0 Å². The molecular formula is C19H27N5O5. The van der Waals surface area contributed by atoms with Gasteiger partial charge in [0.15, 0.2) is 5.84 Å². The van der Waals surface area contributed by atoms with E-state index in [2.05, 4.69) is 10.5 Å². The molecule has 1 atom stereocenters. The number of benzene rings is 1. The fraction of sp³-hybridized carbons (Fsp3) is 0.526. The number of carbonyl (C=O) groups is 2. The fourth-order valence-electron chi connectivity index (χ4n) is 2.97. The van der Waals surface area contributed by atoms with Gasteiger partial charge < -0.3 is 29.4 Å². The molecule has 0 spiro atoms. The predicted octanol–water partition coefficient (Wildman–Crippen LogP) is 0.868. The number of amides is 2. The third-order valence-electron chi connectivity index (χ3n) is 4.61. The zero-order chi connectivity index (χ0) is 21.0. The molecule has 0 aliphatic carbocycles. The van der Waals surface area contributed by atoms with Crippen LogP contribution in [0.3, 0.4) is 0 Å². The number of anilines is 2. The Labute approximate surface area is 170 Å². The minimum absolute atomic E-state index is 0.159. The second kappa shape index (κ2) is 8.99. The molecule has 1 aromatic carbocycles. The summed E-state index contributed by atoms with van der Waals surface area (Å²) in [6.07, 6.45) is -0.829. The summed E-state index contributed by atoms with van der Waals surface area (Å²) in [5.41, 5.74) is 1.51. The summed E-state index contributed by atoms with van der Waals surface area (Å²) in [4.78, 5) is 34.1. The van der Waals surface area contributed by atoms with Crippen molar-refractivity contribution in [3.63, 3.8) is 0 Å². The van der Waals surface area contributed by atoms with Crippen LogP contribution >= 0.6 is 0 Å². The summed E-state index contributed by atoms with van der Waals surface area (Å²) in [6.45, 7) is 3.61. The molecule has 0 bridgehead atoms. The van der Waals surface area contributed by atoms with E-state index < -0.39 is 6.09 Å². The molecular weight excluding hydrogens is 378 g/mol. The van der Waals surface area contributed by atoms with E-state index in [1.54, 1.807) is 6.07 Å². The number of carbonyl (C=O) groups excluding carboxylic acids is 2. The lowest BCUT2D eigenvalue weighted by atomic mass is 10.2. The molecule has 2 aliphatic rings. The highest BCUT2D eigenvalue weighted by molar-refractivity contribution is 6.01. The molecule has 29 heavy (non-hydrogen) atoms. The molecule has 2 heterocycles. The Kier molecular flexibility index (Phi) is 6.42. The first-order valence-corrected chi connectivity index (χ1v) is 9.42. The molecule has 0 saturated carbocycles. The second-order valence-electron chi connectivity index (χ2n) is 7.20. The highest BCUT2D eigenvalue weighted by Crippen LogP contribution is 2.36. The standard InChI is InChI=1S/C19H27N5O5/c1-13(25)20-10-15-11-24(19(26)29-15)14-5-6-16-17(9-14)27-12-18(23(16)4)21-28-8-7-22(2)3/h5-6,9,15H,7-8,10-12H2,1-4H3,(H,20,25)/b21-18+/t15-/m0/s1. The van der Waals surface area contributed by atoms with Crippen LogP contribution in [0.2, 0.25) is 0 Å². The van der Waals surface area contributed by atoms with Crippen LogP contribution in [0, 0.1) is 0 Å². The summed E-state index contributed by atoms with van der Waals surface area (Å²) in [6, 6.07) is 5.50. The molecule has 158 valence electrons. The van der Waals surface area contributed by atoms with E-state index in [4.69, 9.17) is 14.3 Å². The zero-order valence-corrected chi connectivity index (χ0v) is 17.2. The Hall–Kier alpha value is -3.01. The van der Waals surface area contributed by atoms with Gasteiger partial charge in [-0.15, -0.1) is 0 Å². The minimum atomic E-state index is -0.444. The molecule has 2 aliphatic heterocycles. The van der Waals surface area contributed by atoms with E-state index in [0.717, 1.165) is 12.2 Å². The van der Waals surface area contributed by atoms with Gasteiger partial charge in [0, 0.05) is 26.6 Å². The van der Waals surface area contributed by atoms with Crippen molar-refractivity contribution in [1.29, 1.82) is 0 Å². The van der Waals surface area contributed by atoms with Gasteiger partial charge in [-0.1, -0.05) is 5.16 Å². The van der Waals surface area contributed by atoms with Crippen LogP contribution in [-0.2, 0) is 14.4 Å². The van der Waals surface area contributed by atoms with Crippen molar-refractivity contribution >= 4 is 29.2 Å². The van der Waals surface area contributed by atoms with Crippen molar-refractivity contribution in [2.24, 2.45) is 5.16 Å². The number of cyclic esters (lactones) is 1. The average molecular weight is 405 g/mol. The topological polar surface area (TPSA) is 95.9 Å². The molecule has 0 aromatic heterocycles. The number of hydrogen-bond donors (Lipinski definition) is 1. The number of nitrogens with zero attached hydrogens (tertiary/aromatic N) is 4. The maximum Gasteiger partial charge on any atom is 0.414 e. The SMILES string of the molecule is CC(=O)NC[C@H]1CN(c2ccc3c(c2)OC/C(=N\OCCN(C)C)N3C)C(=O)O1. The first kappa shape index (κ1) is 20.7. The van der Waals surface area contributed by atoms with Crippen LogP contribution in [-0.4, -0.2) is 82.8 Å². The van der Waals surface area contributed by atoms with Gasteiger partial charge in [0.2, 0.25) is 5.91 Å². The average Bonchev–Trinajstić information content (AvgIpc) is 3.05. The van der Waals surface area contributed by atoms with Crippen LogP contribution in [0.25, 0.3) is 0 Å². The van der Waals surface area contributed by atoms with E-state index >= 15 is 0 Å². The lowest BCUT2D eigenvalue weighted by Gasteiger charge is -2.29. The van der Waals surface area contributed by atoms with E-state index in [9.17, 15) is 9.59 Å². The predicted molar refractivity (Wildman–Crippen MR) is 109 cm³/mol. The molecule has 0 unspecified atom stereocenters. The van der Waals surface area contributed by atoms with Crippen LogP contribution in [0.5, 0.6) is 5.75 Å². The molecule has 10 nitrogen and oxygen atoms in total. The number of fused-ring (bicyclic) bond motifs is 1. The van der Waals surface area contributed by atoms with Gasteiger partial charge >= 0.3 is 6.09 Å². The number of amidine groups is 1. The third kappa shape index (κ3) is 5.08. The number of oxime groups is 1. The number of likely N-dealkylation sites (N-methyl/N-ethyl adjacent to an activating group) is 2. The highest BCUT2D eigenvalue weighted by Gasteiger charge is 2.33. The van der Waals surface area contributed by atoms with Crippen LogP contribution in [0.15, 0.2) is 23.4 Å². The van der Waals surface area contributed by atoms with Crippen molar-refractivity contribution in [2.45, 2.75) is 13.0 Å². The molecule has 1 aromatic rings. The van der Waals surface area contributed by atoms with Crippen LogP contribution < -0.4 is 19.9 Å². The summed E-state index contributed by atoms with van der Waals surface area (Å²) in [5, 5.41) is 6.83. The fourth-order valence-corrected chi connectivity index (χ4v) is 2.97. The van der Waals surface area contributed by atoms with Crippen LogP contribution in [0.4, 0.5) is 16.2 Å². The van der Waals surface area contributed by atoms with E-state index in [1.807, 2.05) is 43.1 Å². The maximum atomic E-state index is 12.2. The van der Waals surface area contributed by atoms with E-state index in [1.165, 1.54) is 11.8 Å². The zero-order valence-electron chi connectivity index (χ0n) is 17.2. The molecule has 1 fully saturated rings. The van der Waals surface area contributed by atoms with E-state index in [-0.39, 0.29) is 25.2 Å². The van der Waals surface area contributed by atoms with Gasteiger partial charge in [-0.3, -0.25) is 9.69 Å². The monoisotopic (exact) mass is 405 g/mol. The molecule has 10 heteroatoms. The van der Waals surface area contributed by atoms with Gasteiger partial charge in [-0.2, -0.15) is 0 Å². The van der Waals surface area contributed by atoms with Gasteiger partial charge in [0.1, 0.15) is 25.1 Å². The van der Waals surface area contributed by atoms with Crippen molar-refractivity contribution in [2.75, 3.05) is 63.8 Å². The van der Waals surface area contributed by atoms with Gasteiger partial charge in [0.05, 0.1) is 24.5 Å². The molecule has 1 N–H and O–H groups in total. The first-order chi connectivity index (χ1) is 13.8. The van der Waals surface area contributed by atoms with Crippen molar-refractivity contribution in [3.05, 3.63) is 18.2 Å². The summed E-state index contributed by atoms with van der Waals surface area (Å²) in [7, 11) is 5.83. The Bertz CT molecular complexity index is 797. The Balaban J connectivity index is 1.66. The van der Waals surface area contributed by atoms with Crippen molar-refractivity contribution in [1.82, 2.24) is 10.2 Å². The smallest absolute Gasteiger partial charge is 0.414 e. The van der Waals surface area contributed by atoms with Crippen molar-refractivity contribution in [3.8, 4) is 5.75 Å². The Morgan fingerprint density at radius 1 is 1.41 bits per heavy atom. The largest absolute Gasteiger partial charge is 0.483 e. The molecule has 2 amide bonds. The quantitative estimate of drug-likeness (QED) is 0.531. The Morgan fingerprint density at radius 3 is 2.93 bits per heavy atom. The third-order valence-corrected chi connectivity index (χ3v) is 4.61. The van der Waals surface area contributed by atoms with Crippen LogP contribution in [0.1, 0.15) is 6.92 Å². The first-order valence-electron chi connectivity index (χ1n) is 9.42. The molecule has 1 saturated heterocycles. The molecule has 0 radical (unpaired) electrons. The number of hydrogen-bond acceptors (Lipinski definition) is 7. The molecule has 3 rings (SSSR count). The number of rotatable bonds is 7. The maximum absolute atomic E-state index is 12.2. The Morgan fingerprint density at radius 2 is 2.21 bits per heavy atom. The highest BCUT2D eigenvalue weighted by atomic mass is 16.6. The van der Waals surface area contributed by atoms with Gasteiger partial charge in [-0.05, 0) is 26.2 Å².